The van der Waals surface area contributed by atoms with Crippen LogP contribution in [-0.2, 0) is 24.3 Å². The maximum absolute atomic E-state index is 15.5. The predicted molar refractivity (Wildman–Crippen MR) is 149 cm³/mol. The van der Waals surface area contributed by atoms with Gasteiger partial charge in [-0.3, -0.25) is 0 Å². The van der Waals surface area contributed by atoms with Gasteiger partial charge in [0.25, 0.3) is 0 Å². The van der Waals surface area contributed by atoms with E-state index in [0.29, 0.717) is 52.3 Å². The number of ether oxygens (including phenoxy) is 2. The molecule has 1 fully saturated rings. The first kappa shape index (κ1) is 26.9. The van der Waals surface area contributed by atoms with Crippen LogP contribution in [0.2, 0.25) is 5.02 Å². The topological polar surface area (TPSA) is 86.5 Å². The van der Waals surface area contributed by atoms with Crippen LogP contribution in [0.5, 0.6) is 5.88 Å². The van der Waals surface area contributed by atoms with Crippen molar-refractivity contribution in [2.75, 3.05) is 6.61 Å². The Bertz CT molecular complexity index is 1770. The van der Waals surface area contributed by atoms with Crippen LogP contribution < -0.4 is 4.74 Å². The summed E-state index contributed by atoms with van der Waals surface area (Å²) in [6.45, 7) is 1.11. The molecule has 0 radical (unpaired) electrons. The number of fused-ring (bicyclic) bond motifs is 1. The Hall–Kier alpha value is -4.34. The summed E-state index contributed by atoms with van der Waals surface area (Å²) in [5, 5.41) is 9.76. The molecule has 41 heavy (non-hydrogen) atoms. The number of pyridine rings is 1. The molecule has 7 nitrogen and oxygen atoms in total. The van der Waals surface area contributed by atoms with E-state index in [1.165, 1.54) is 18.2 Å². The minimum absolute atomic E-state index is 0.00259. The van der Waals surface area contributed by atoms with E-state index in [1.54, 1.807) is 54.7 Å². The first-order valence-corrected chi connectivity index (χ1v) is 13.4. The highest BCUT2D eigenvalue weighted by molar-refractivity contribution is 6.30. The summed E-state index contributed by atoms with van der Waals surface area (Å²) in [6.07, 6.45) is 2.63. The number of imidazole rings is 1. The molecule has 0 amide bonds. The van der Waals surface area contributed by atoms with Crippen molar-refractivity contribution in [3.63, 3.8) is 0 Å². The van der Waals surface area contributed by atoms with Crippen molar-refractivity contribution in [1.29, 1.82) is 0 Å². The van der Waals surface area contributed by atoms with Gasteiger partial charge in [0, 0.05) is 35.4 Å². The molecular formula is C31H24ClF2N3O4. The normalized spacial score (nSPS) is 14.7. The lowest BCUT2D eigenvalue weighted by Gasteiger charge is -2.27. The maximum atomic E-state index is 15.5. The van der Waals surface area contributed by atoms with E-state index < -0.39 is 17.6 Å². The second-order valence-corrected chi connectivity index (χ2v) is 10.2. The molecule has 1 atom stereocenters. The van der Waals surface area contributed by atoms with Gasteiger partial charge in [-0.2, -0.15) is 0 Å². The minimum atomic E-state index is -1.03. The Morgan fingerprint density at radius 1 is 1.07 bits per heavy atom. The standard InChI is InChI=1S/C31H24ClF2N3O4/c32-22-7-5-21(26(34)15-22)17-41-30-24(2-1-10-35-30)18-3-4-19(25(33)12-18)14-29-36-27-8-6-20(31(38)39)13-28(27)37(29)16-23-9-11-40-23/h1-8,10,12-13,15,23H,9,11,14,16-17H2,(H,38,39)/t23-/m0/s1. The summed E-state index contributed by atoms with van der Waals surface area (Å²) in [6, 6.07) is 17.4. The molecule has 0 unspecified atom stereocenters. The van der Waals surface area contributed by atoms with Crippen molar-refractivity contribution < 1.29 is 28.2 Å². The molecule has 0 aliphatic carbocycles. The zero-order valence-corrected chi connectivity index (χ0v) is 22.4. The van der Waals surface area contributed by atoms with Gasteiger partial charge in [0.1, 0.15) is 24.1 Å². The van der Waals surface area contributed by atoms with Crippen molar-refractivity contribution in [2.45, 2.75) is 32.1 Å². The van der Waals surface area contributed by atoms with Crippen LogP contribution in [0, 0.1) is 11.6 Å². The van der Waals surface area contributed by atoms with Crippen LogP contribution in [0.25, 0.3) is 22.2 Å². The highest BCUT2D eigenvalue weighted by Crippen LogP contribution is 2.31. The van der Waals surface area contributed by atoms with Gasteiger partial charge < -0.3 is 19.1 Å². The number of halogens is 3. The lowest BCUT2D eigenvalue weighted by atomic mass is 10.0. The van der Waals surface area contributed by atoms with Gasteiger partial charge in [0.15, 0.2) is 0 Å². The molecule has 1 aliphatic heterocycles. The molecule has 0 saturated carbocycles. The Labute approximate surface area is 239 Å². The molecule has 208 valence electrons. The summed E-state index contributed by atoms with van der Waals surface area (Å²) >= 11 is 5.84. The monoisotopic (exact) mass is 575 g/mol. The van der Waals surface area contributed by atoms with Crippen LogP contribution in [0.15, 0.2) is 72.9 Å². The predicted octanol–water partition coefficient (Wildman–Crippen LogP) is 6.69. The quantitative estimate of drug-likeness (QED) is 0.211. The SMILES string of the molecule is O=C(O)c1ccc2nc(Cc3ccc(-c4cccnc4OCc4ccc(Cl)cc4F)cc3F)n(C[C@@H]3CCO3)c2c1. The van der Waals surface area contributed by atoms with Gasteiger partial charge in [-0.25, -0.2) is 23.5 Å². The van der Waals surface area contributed by atoms with E-state index in [1.807, 2.05) is 4.57 Å². The van der Waals surface area contributed by atoms with E-state index >= 15 is 4.39 Å². The fourth-order valence-electron chi connectivity index (χ4n) is 4.82. The summed E-state index contributed by atoms with van der Waals surface area (Å²) in [5.41, 5.74) is 3.31. The van der Waals surface area contributed by atoms with Crippen molar-refractivity contribution in [2.24, 2.45) is 0 Å². The third-order valence-corrected chi connectivity index (χ3v) is 7.35. The van der Waals surface area contributed by atoms with Crippen molar-refractivity contribution in [3.05, 3.63) is 112 Å². The molecule has 1 aliphatic rings. The molecule has 0 bridgehead atoms. The molecule has 10 heteroatoms. The summed E-state index contributed by atoms with van der Waals surface area (Å²) in [7, 11) is 0. The van der Waals surface area contributed by atoms with Gasteiger partial charge in [0.05, 0.1) is 29.2 Å². The zero-order chi connectivity index (χ0) is 28.5. The van der Waals surface area contributed by atoms with Gasteiger partial charge in [-0.05, 0) is 66.1 Å². The van der Waals surface area contributed by atoms with Crippen LogP contribution in [-0.4, -0.2) is 38.3 Å². The lowest BCUT2D eigenvalue weighted by molar-refractivity contribution is -0.0589. The van der Waals surface area contributed by atoms with Gasteiger partial charge >= 0.3 is 5.97 Å². The smallest absolute Gasteiger partial charge is 0.335 e. The van der Waals surface area contributed by atoms with Crippen LogP contribution in [0.1, 0.15) is 33.7 Å². The van der Waals surface area contributed by atoms with E-state index in [4.69, 9.17) is 26.1 Å². The lowest BCUT2D eigenvalue weighted by Crippen LogP contribution is -2.31. The molecule has 1 N–H and O–H groups in total. The average Bonchev–Trinajstić information content (AvgIpc) is 3.27. The summed E-state index contributed by atoms with van der Waals surface area (Å²) < 4.78 is 43.1. The summed E-state index contributed by atoms with van der Waals surface area (Å²) in [4.78, 5) is 20.5. The number of hydrogen-bond donors (Lipinski definition) is 1. The highest BCUT2D eigenvalue weighted by Gasteiger charge is 2.23. The second-order valence-electron chi connectivity index (χ2n) is 9.79. The molecule has 3 aromatic carbocycles. The molecular weight excluding hydrogens is 552 g/mol. The number of benzene rings is 3. The molecule has 0 spiro atoms. The van der Waals surface area contributed by atoms with E-state index in [0.717, 1.165) is 6.42 Å². The summed E-state index contributed by atoms with van der Waals surface area (Å²) in [5.74, 6) is -1.10. The number of carboxylic acids is 1. The van der Waals surface area contributed by atoms with Gasteiger partial charge in [-0.1, -0.05) is 29.8 Å². The van der Waals surface area contributed by atoms with Gasteiger partial charge in [-0.15, -0.1) is 0 Å². The number of carbonyl (C=O) groups is 1. The number of nitrogens with zero attached hydrogens (tertiary/aromatic N) is 3. The van der Waals surface area contributed by atoms with Crippen LogP contribution >= 0.6 is 11.6 Å². The number of hydrogen-bond acceptors (Lipinski definition) is 5. The van der Waals surface area contributed by atoms with Crippen molar-refractivity contribution >= 4 is 28.6 Å². The van der Waals surface area contributed by atoms with Crippen LogP contribution in [0.4, 0.5) is 8.78 Å². The van der Waals surface area contributed by atoms with E-state index in [-0.39, 0.29) is 35.6 Å². The van der Waals surface area contributed by atoms with Crippen molar-refractivity contribution in [3.8, 4) is 17.0 Å². The number of aromatic carboxylic acids is 1. The second kappa shape index (κ2) is 11.3. The highest BCUT2D eigenvalue weighted by atomic mass is 35.5. The molecule has 1 saturated heterocycles. The number of rotatable bonds is 9. The minimum Gasteiger partial charge on any atom is -0.478 e. The number of aromatic nitrogens is 3. The Balaban J connectivity index is 1.28. The largest absolute Gasteiger partial charge is 0.478 e. The van der Waals surface area contributed by atoms with Crippen LogP contribution in [0.3, 0.4) is 0 Å². The molecule has 5 aromatic rings. The van der Waals surface area contributed by atoms with E-state index in [9.17, 15) is 14.3 Å². The number of carboxylic acid groups (broad SMARTS) is 1. The Kier molecular flexibility index (Phi) is 7.38. The van der Waals surface area contributed by atoms with Crippen molar-refractivity contribution in [1.82, 2.24) is 14.5 Å². The first-order chi connectivity index (χ1) is 19.9. The zero-order valence-electron chi connectivity index (χ0n) is 21.7. The van der Waals surface area contributed by atoms with E-state index in [2.05, 4.69) is 4.98 Å². The maximum Gasteiger partial charge on any atom is 0.335 e. The third-order valence-electron chi connectivity index (χ3n) is 7.12. The average molecular weight is 576 g/mol. The molecule has 3 heterocycles. The fraction of sp³-hybridized carbons (Fsp3) is 0.194. The molecule has 2 aromatic heterocycles. The Morgan fingerprint density at radius 3 is 2.61 bits per heavy atom. The Morgan fingerprint density at radius 2 is 1.88 bits per heavy atom. The fourth-order valence-corrected chi connectivity index (χ4v) is 4.97. The first-order valence-electron chi connectivity index (χ1n) is 13.0. The van der Waals surface area contributed by atoms with Gasteiger partial charge in [0.2, 0.25) is 5.88 Å². The molecule has 6 rings (SSSR count). The third kappa shape index (κ3) is 5.64.